The molecule has 1 aromatic rings. The zero-order valence-electron chi connectivity index (χ0n) is 15.8. The Morgan fingerprint density at radius 2 is 1.93 bits per heavy atom. The maximum atomic E-state index is 12.5. The average Bonchev–Trinajstić information content (AvgIpc) is 3.33. The van der Waals surface area contributed by atoms with E-state index in [0.717, 1.165) is 19.3 Å². The van der Waals surface area contributed by atoms with E-state index < -0.39 is 5.97 Å². The highest BCUT2D eigenvalue weighted by Crippen LogP contribution is 2.38. The Labute approximate surface area is 159 Å². The normalized spacial score (nSPS) is 26.2. The zero-order chi connectivity index (χ0) is 19.6. The molecule has 2 saturated carbocycles. The van der Waals surface area contributed by atoms with Crippen molar-refractivity contribution in [2.45, 2.75) is 45.2 Å². The van der Waals surface area contributed by atoms with E-state index in [0.29, 0.717) is 23.7 Å². The monoisotopic (exact) mass is 373 g/mol. The van der Waals surface area contributed by atoms with E-state index >= 15 is 0 Å². The molecule has 2 aliphatic carbocycles. The van der Waals surface area contributed by atoms with Crippen LogP contribution in [-0.2, 0) is 9.59 Å². The zero-order valence-corrected chi connectivity index (χ0v) is 15.8. The van der Waals surface area contributed by atoms with Crippen molar-refractivity contribution in [3.8, 4) is 0 Å². The second-order valence-electron chi connectivity index (χ2n) is 7.64. The maximum absolute atomic E-state index is 12.5. The first kappa shape index (κ1) is 19.4. The third kappa shape index (κ3) is 4.86. The molecule has 146 valence electrons. The van der Waals surface area contributed by atoms with E-state index in [9.17, 15) is 14.4 Å². The number of aliphatic carboxylic acids is 1. The van der Waals surface area contributed by atoms with Crippen molar-refractivity contribution in [3.63, 3.8) is 0 Å². The molecule has 0 spiro atoms. The highest BCUT2D eigenvalue weighted by Gasteiger charge is 2.39. The van der Waals surface area contributed by atoms with Crippen LogP contribution in [0.2, 0.25) is 0 Å². The smallest absolute Gasteiger partial charge is 0.317 e. The van der Waals surface area contributed by atoms with Crippen LogP contribution < -0.4 is 10.6 Å². The Hall–Kier alpha value is -2.41. The molecule has 2 unspecified atom stereocenters. The molecular weight excluding hydrogens is 346 g/mol. The number of carboxylic acids is 1. The van der Waals surface area contributed by atoms with Gasteiger partial charge in [-0.1, -0.05) is 19.9 Å². The van der Waals surface area contributed by atoms with Crippen LogP contribution in [0, 0.1) is 11.8 Å². The van der Waals surface area contributed by atoms with E-state index in [1.165, 1.54) is 0 Å². The van der Waals surface area contributed by atoms with Gasteiger partial charge in [0.15, 0.2) is 0 Å². The van der Waals surface area contributed by atoms with E-state index in [1.807, 2.05) is 11.8 Å². The molecule has 0 aliphatic heterocycles. The molecule has 0 saturated heterocycles. The molecule has 7 nitrogen and oxygen atoms in total. The van der Waals surface area contributed by atoms with Gasteiger partial charge in [-0.15, -0.1) is 0 Å². The molecule has 27 heavy (non-hydrogen) atoms. The fourth-order valence-corrected chi connectivity index (χ4v) is 3.61. The summed E-state index contributed by atoms with van der Waals surface area (Å²) < 4.78 is 0. The number of hydrogen-bond acceptors (Lipinski definition) is 4. The number of benzene rings is 1. The lowest BCUT2D eigenvalue weighted by atomic mass is 9.85. The van der Waals surface area contributed by atoms with Crippen LogP contribution in [0.4, 0.5) is 5.69 Å². The van der Waals surface area contributed by atoms with Crippen LogP contribution in [0.25, 0.3) is 0 Å². The molecular formula is C20H27N3O4. The quantitative estimate of drug-likeness (QED) is 0.647. The van der Waals surface area contributed by atoms with Crippen molar-refractivity contribution >= 4 is 23.5 Å². The molecule has 0 heterocycles. The van der Waals surface area contributed by atoms with E-state index in [1.54, 1.807) is 24.3 Å². The summed E-state index contributed by atoms with van der Waals surface area (Å²) in [5.74, 6) is -0.465. The summed E-state index contributed by atoms with van der Waals surface area (Å²) in [6, 6.07) is 7.21. The van der Waals surface area contributed by atoms with Crippen molar-refractivity contribution in [1.29, 1.82) is 0 Å². The fourth-order valence-electron chi connectivity index (χ4n) is 3.61. The topological polar surface area (TPSA) is 98.7 Å². The number of anilines is 1. The number of carbonyl (C=O) groups is 3. The highest BCUT2D eigenvalue weighted by molar-refractivity contribution is 5.98. The maximum Gasteiger partial charge on any atom is 0.317 e. The molecule has 2 fully saturated rings. The molecule has 2 amide bonds. The molecule has 2 aliphatic rings. The second-order valence-corrected chi connectivity index (χ2v) is 7.64. The third-order valence-electron chi connectivity index (χ3n) is 5.55. The first-order valence-electron chi connectivity index (χ1n) is 9.55. The fraction of sp³-hybridized carbons (Fsp3) is 0.550. The summed E-state index contributed by atoms with van der Waals surface area (Å²) in [5, 5.41) is 14.8. The van der Waals surface area contributed by atoms with Gasteiger partial charge in [-0.3, -0.25) is 19.3 Å². The van der Waals surface area contributed by atoms with Gasteiger partial charge in [0.1, 0.15) is 0 Å². The van der Waals surface area contributed by atoms with Crippen LogP contribution in [0.3, 0.4) is 0 Å². The number of hydrogen-bond donors (Lipinski definition) is 3. The van der Waals surface area contributed by atoms with E-state index in [2.05, 4.69) is 17.6 Å². The standard InChI is InChI=1S/C20H27N3O4/c1-3-23(11-18(24)25)16-9-15(10-16)22-19(26)13-5-4-6-14(8-13)21-20(27)17-7-12(17)2/h4-6,8,12,15-17H,3,7,9-11H2,1-2H3,(H,21,27)(H,22,26)(H,24,25). The lowest BCUT2D eigenvalue weighted by molar-refractivity contribution is -0.139. The van der Waals surface area contributed by atoms with E-state index in [4.69, 9.17) is 5.11 Å². The summed E-state index contributed by atoms with van der Waals surface area (Å²) in [7, 11) is 0. The molecule has 1 aromatic carbocycles. The summed E-state index contributed by atoms with van der Waals surface area (Å²) in [6.45, 7) is 4.70. The Morgan fingerprint density at radius 3 is 2.52 bits per heavy atom. The van der Waals surface area contributed by atoms with Gasteiger partial charge >= 0.3 is 5.97 Å². The van der Waals surface area contributed by atoms with Crippen molar-refractivity contribution in [2.75, 3.05) is 18.4 Å². The Morgan fingerprint density at radius 1 is 1.22 bits per heavy atom. The Balaban J connectivity index is 1.49. The predicted octanol–water partition coefficient (Wildman–Crippen LogP) is 1.95. The number of likely N-dealkylation sites (N-methyl/N-ethyl adjacent to an activating group) is 1. The van der Waals surface area contributed by atoms with Gasteiger partial charge in [0, 0.05) is 29.3 Å². The first-order valence-corrected chi connectivity index (χ1v) is 9.55. The molecule has 3 rings (SSSR count). The molecule has 2 atom stereocenters. The summed E-state index contributed by atoms with van der Waals surface area (Å²) in [5.41, 5.74) is 1.15. The molecule has 0 radical (unpaired) electrons. The number of carbonyl (C=O) groups excluding carboxylic acids is 2. The first-order chi connectivity index (χ1) is 12.9. The largest absolute Gasteiger partial charge is 0.480 e. The summed E-state index contributed by atoms with van der Waals surface area (Å²) in [4.78, 5) is 37.3. The van der Waals surface area contributed by atoms with Gasteiger partial charge in [0.05, 0.1) is 6.54 Å². The lowest BCUT2D eigenvalue weighted by Crippen LogP contribution is -2.54. The number of nitrogens with one attached hydrogen (secondary N) is 2. The van der Waals surface area contributed by atoms with Gasteiger partial charge in [-0.2, -0.15) is 0 Å². The van der Waals surface area contributed by atoms with Crippen molar-refractivity contribution < 1.29 is 19.5 Å². The van der Waals surface area contributed by atoms with Crippen LogP contribution in [-0.4, -0.2) is 53.0 Å². The van der Waals surface area contributed by atoms with Gasteiger partial charge < -0.3 is 15.7 Å². The molecule has 0 bridgehead atoms. The lowest BCUT2D eigenvalue weighted by Gasteiger charge is -2.42. The van der Waals surface area contributed by atoms with Crippen molar-refractivity contribution in [3.05, 3.63) is 29.8 Å². The van der Waals surface area contributed by atoms with Gasteiger partial charge in [-0.05, 0) is 49.9 Å². The highest BCUT2D eigenvalue weighted by atomic mass is 16.4. The minimum atomic E-state index is -0.830. The Kier molecular flexibility index (Phi) is 5.79. The van der Waals surface area contributed by atoms with Crippen LogP contribution in [0.5, 0.6) is 0 Å². The SMILES string of the molecule is CCN(CC(=O)O)C1CC(NC(=O)c2cccc(NC(=O)C3CC3C)c2)C1. The van der Waals surface area contributed by atoms with Gasteiger partial charge in [-0.25, -0.2) is 0 Å². The van der Waals surface area contributed by atoms with Crippen LogP contribution in [0.1, 0.15) is 43.5 Å². The number of nitrogens with zero attached hydrogens (tertiary/aromatic N) is 1. The minimum absolute atomic E-state index is 0.0139. The summed E-state index contributed by atoms with van der Waals surface area (Å²) in [6.07, 6.45) is 2.43. The number of carboxylic acid groups (broad SMARTS) is 1. The predicted molar refractivity (Wildman–Crippen MR) is 102 cm³/mol. The number of rotatable bonds is 8. The van der Waals surface area contributed by atoms with Crippen LogP contribution >= 0.6 is 0 Å². The third-order valence-corrected chi connectivity index (χ3v) is 5.55. The Bertz CT molecular complexity index is 730. The molecule has 0 aromatic heterocycles. The average molecular weight is 373 g/mol. The second kappa shape index (κ2) is 8.08. The minimum Gasteiger partial charge on any atom is -0.480 e. The van der Waals surface area contributed by atoms with Crippen LogP contribution in [0.15, 0.2) is 24.3 Å². The molecule has 7 heteroatoms. The van der Waals surface area contributed by atoms with Gasteiger partial charge in [0.2, 0.25) is 5.91 Å². The van der Waals surface area contributed by atoms with Crippen molar-refractivity contribution in [2.24, 2.45) is 11.8 Å². The van der Waals surface area contributed by atoms with Gasteiger partial charge in [0.25, 0.3) is 5.91 Å². The number of amides is 2. The van der Waals surface area contributed by atoms with E-state index in [-0.39, 0.29) is 36.4 Å². The molecule has 3 N–H and O–H groups in total. The summed E-state index contributed by atoms with van der Waals surface area (Å²) >= 11 is 0. The van der Waals surface area contributed by atoms with Crippen molar-refractivity contribution in [1.82, 2.24) is 10.2 Å².